The molecular formula is C14H20N2O4S. The predicted molar refractivity (Wildman–Crippen MR) is 79.5 cm³/mol. The highest BCUT2D eigenvalue weighted by molar-refractivity contribution is 7.89. The van der Waals surface area contributed by atoms with Gasteiger partial charge in [-0.1, -0.05) is 13.8 Å². The lowest BCUT2D eigenvalue weighted by Crippen LogP contribution is -2.30. The number of nitrogens with zero attached hydrogens (tertiary/aromatic N) is 1. The second-order valence-electron chi connectivity index (χ2n) is 5.71. The average Bonchev–Trinajstić information content (AvgIpc) is 2.88. The van der Waals surface area contributed by atoms with Crippen molar-refractivity contribution >= 4 is 21.7 Å². The second-order valence-corrected chi connectivity index (χ2v) is 7.62. The zero-order valence-corrected chi connectivity index (χ0v) is 12.9. The molecule has 6 nitrogen and oxygen atoms in total. The SMILES string of the molecule is CC(C)C1CCN(S(=O)(=O)c2ccc(C(=O)O)cc2N)C1. The third-order valence-electron chi connectivity index (χ3n) is 4.00. The fourth-order valence-corrected chi connectivity index (χ4v) is 4.18. The van der Waals surface area contributed by atoms with E-state index in [1.54, 1.807) is 0 Å². The van der Waals surface area contributed by atoms with Gasteiger partial charge in [0.25, 0.3) is 0 Å². The van der Waals surface area contributed by atoms with Crippen LogP contribution in [-0.2, 0) is 10.0 Å². The molecule has 1 saturated heterocycles. The van der Waals surface area contributed by atoms with E-state index in [-0.39, 0.29) is 16.1 Å². The van der Waals surface area contributed by atoms with E-state index in [0.717, 1.165) is 6.42 Å². The van der Waals surface area contributed by atoms with Crippen LogP contribution in [0.5, 0.6) is 0 Å². The molecule has 0 bridgehead atoms. The molecule has 1 aromatic rings. The second kappa shape index (κ2) is 5.65. The Morgan fingerprint density at radius 3 is 2.57 bits per heavy atom. The number of nitrogens with two attached hydrogens (primary N) is 1. The van der Waals surface area contributed by atoms with Crippen LogP contribution in [-0.4, -0.2) is 36.9 Å². The molecule has 1 aliphatic heterocycles. The standard InChI is InChI=1S/C14H20N2O4S/c1-9(2)11-5-6-16(8-11)21(19,20)13-4-3-10(14(17)18)7-12(13)15/h3-4,7,9,11H,5-6,8,15H2,1-2H3,(H,17,18). The van der Waals surface area contributed by atoms with Crippen LogP contribution < -0.4 is 5.73 Å². The van der Waals surface area contributed by atoms with E-state index in [0.29, 0.717) is 24.9 Å². The number of carboxylic acid groups (broad SMARTS) is 1. The highest BCUT2D eigenvalue weighted by Gasteiger charge is 2.34. The monoisotopic (exact) mass is 312 g/mol. The number of hydrogen-bond acceptors (Lipinski definition) is 4. The fraction of sp³-hybridized carbons (Fsp3) is 0.500. The number of benzene rings is 1. The molecular weight excluding hydrogens is 292 g/mol. The van der Waals surface area contributed by atoms with Gasteiger partial charge < -0.3 is 10.8 Å². The van der Waals surface area contributed by atoms with Crippen LogP contribution in [0.3, 0.4) is 0 Å². The molecule has 1 fully saturated rings. The summed E-state index contributed by atoms with van der Waals surface area (Å²) in [5.74, 6) is -0.358. The first-order valence-electron chi connectivity index (χ1n) is 6.86. The molecule has 1 aromatic carbocycles. The summed E-state index contributed by atoms with van der Waals surface area (Å²) in [6.45, 7) is 5.12. The molecule has 0 aromatic heterocycles. The molecule has 3 N–H and O–H groups in total. The topological polar surface area (TPSA) is 101 Å². The Labute approximate surface area is 124 Å². The van der Waals surface area contributed by atoms with Crippen LogP contribution in [0.2, 0.25) is 0 Å². The van der Waals surface area contributed by atoms with E-state index in [1.165, 1.54) is 22.5 Å². The summed E-state index contributed by atoms with van der Waals surface area (Å²) in [5.41, 5.74) is 5.69. The van der Waals surface area contributed by atoms with Crippen LogP contribution in [0.1, 0.15) is 30.6 Å². The third-order valence-corrected chi connectivity index (χ3v) is 5.94. The molecule has 2 rings (SSSR count). The highest BCUT2D eigenvalue weighted by Crippen LogP contribution is 2.30. The van der Waals surface area contributed by atoms with Gasteiger partial charge in [0.1, 0.15) is 4.90 Å². The van der Waals surface area contributed by atoms with Crippen LogP contribution in [0.15, 0.2) is 23.1 Å². The zero-order valence-electron chi connectivity index (χ0n) is 12.1. The Morgan fingerprint density at radius 1 is 1.43 bits per heavy atom. The Kier molecular flexibility index (Phi) is 4.25. The van der Waals surface area contributed by atoms with Crippen LogP contribution >= 0.6 is 0 Å². The smallest absolute Gasteiger partial charge is 0.335 e. The average molecular weight is 312 g/mol. The summed E-state index contributed by atoms with van der Waals surface area (Å²) in [7, 11) is -3.66. The van der Waals surface area contributed by atoms with Crippen molar-refractivity contribution in [3.05, 3.63) is 23.8 Å². The first-order valence-corrected chi connectivity index (χ1v) is 8.30. The van der Waals surface area contributed by atoms with Gasteiger partial charge in [-0.25, -0.2) is 13.2 Å². The van der Waals surface area contributed by atoms with E-state index in [1.807, 2.05) is 0 Å². The molecule has 116 valence electrons. The molecule has 0 aliphatic carbocycles. The Hall–Kier alpha value is -1.60. The minimum absolute atomic E-state index is 0.0168. The van der Waals surface area contributed by atoms with Crippen molar-refractivity contribution in [2.75, 3.05) is 18.8 Å². The van der Waals surface area contributed by atoms with E-state index in [4.69, 9.17) is 10.8 Å². The quantitative estimate of drug-likeness (QED) is 0.823. The fourth-order valence-electron chi connectivity index (χ4n) is 2.57. The van der Waals surface area contributed by atoms with Crippen LogP contribution in [0.4, 0.5) is 5.69 Å². The van der Waals surface area contributed by atoms with Crippen molar-refractivity contribution < 1.29 is 18.3 Å². The summed E-state index contributed by atoms with van der Waals surface area (Å²) in [6, 6.07) is 3.73. The number of sulfonamides is 1. The largest absolute Gasteiger partial charge is 0.478 e. The number of hydrogen-bond donors (Lipinski definition) is 2. The Bertz CT molecular complexity index is 655. The minimum Gasteiger partial charge on any atom is -0.478 e. The van der Waals surface area contributed by atoms with Crippen molar-refractivity contribution in [2.24, 2.45) is 11.8 Å². The summed E-state index contributed by atoms with van der Waals surface area (Å²) < 4.78 is 26.6. The van der Waals surface area contributed by atoms with Gasteiger partial charge in [-0.2, -0.15) is 4.31 Å². The summed E-state index contributed by atoms with van der Waals surface area (Å²) >= 11 is 0. The van der Waals surface area contributed by atoms with Crippen molar-refractivity contribution in [1.29, 1.82) is 0 Å². The summed E-state index contributed by atoms with van der Waals surface area (Å²) in [6.07, 6.45) is 0.837. The number of carbonyl (C=O) groups is 1. The first kappa shape index (κ1) is 15.8. The van der Waals surface area contributed by atoms with Crippen LogP contribution in [0.25, 0.3) is 0 Å². The van der Waals surface area contributed by atoms with E-state index in [9.17, 15) is 13.2 Å². The maximum Gasteiger partial charge on any atom is 0.335 e. The number of aromatic carboxylic acids is 1. The molecule has 0 saturated carbocycles. The minimum atomic E-state index is -3.66. The molecule has 1 atom stereocenters. The van der Waals surface area contributed by atoms with E-state index >= 15 is 0 Å². The van der Waals surface area contributed by atoms with Crippen molar-refractivity contribution in [3.63, 3.8) is 0 Å². The maximum absolute atomic E-state index is 12.6. The van der Waals surface area contributed by atoms with Gasteiger partial charge in [0, 0.05) is 13.1 Å². The first-order chi connectivity index (χ1) is 9.73. The predicted octanol–water partition coefficient (Wildman–Crippen LogP) is 1.63. The lowest BCUT2D eigenvalue weighted by atomic mass is 9.96. The van der Waals surface area contributed by atoms with Crippen molar-refractivity contribution in [2.45, 2.75) is 25.2 Å². The van der Waals surface area contributed by atoms with Gasteiger partial charge in [0.2, 0.25) is 10.0 Å². The van der Waals surface area contributed by atoms with Gasteiger partial charge in [-0.05, 0) is 36.5 Å². The maximum atomic E-state index is 12.6. The van der Waals surface area contributed by atoms with Gasteiger partial charge in [0.15, 0.2) is 0 Å². The van der Waals surface area contributed by atoms with Crippen LogP contribution in [0, 0.1) is 11.8 Å². The molecule has 1 heterocycles. The Morgan fingerprint density at radius 2 is 2.10 bits per heavy atom. The van der Waals surface area contributed by atoms with E-state index in [2.05, 4.69) is 13.8 Å². The summed E-state index contributed by atoms with van der Waals surface area (Å²) in [4.78, 5) is 10.9. The van der Waals surface area contributed by atoms with Gasteiger partial charge in [-0.15, -0.1) is 0 Å². The number of carboxylic acids is 1. The molecule has 0 amide bonds. The molecule has 7 heteroatoms. The van der Waals surface area contributed by atoms with Crippen molar-refractivity contribution in [3.8, 4) is 0 Å². The number of rotatable bonds is 4. The number of anilines is 1. The molecule has 0 spiro atoms. The van der Waals surface area contributed by atoms with Gasteiger partial charge >= 0.3 is 5.97 Å². The summed E-state index contributed by atoms with van der Waals surface area (Å²) in [5, 5.41) is 8.89. The molecule has 1 aliphatic rings. The number of nitrogen functional groups attached to an aromatic ring is 1. The van der Waals surface area contributed by atoms with Gasteiger partial charge in [0.05, 0.1) is 11.3 Å². The molecule has 21 heavy (non-hydrogen) atoms. The Balaban J connectivity index is 2.31. The zero-order chi connectivity index (χ0) is 15.8. The lowest BCUT2D eigenvalue weighted by molar-refractivity contribution is 0.0697. The van der Waals surface area contributed by atoms with E-state index < -0.39 is 16.0 Å². The third kappa shape index (κ3) is 3.03. The normalized spacial score (nSPS) is 20.0. The highest BCUT2D eigenvalue weighted by atomic mass is 32.2. The molecule has 1 unspecified atom stereocenters. The molecule has 0 radical (unpaired) electrons. The lowest BCUT2D eigenvalue weighted by Gasteiger charge is -2.19. The van der Waals surface area contributed by atoms with Gasteiger partial charge in [-0.3, -0.25) is 0 Å². The van der Waals surface area contributed by atoms with Crippen molar-refractivity contribution in [1.82, 2.24) is 4.31 Å².